The van der Waals surface area contributed by atoms with Crippen molar-refractivity contribution in [3.8, 4) is 11.5 Å². The molecule has 1 aliphatic rings. The van der Waals surface area contributed by atoms with Gasteiger partial charge < -0.3 is 16.2 Å². The zero-order valence-corrected chi connectivity index (χ0v) is 8.90. The summed E-state index contributed by atoms with van der Waals surface area (Å²) >= 11 is 0. The molecule has 2 aromatic carbocycles. The van der Waals surface area contributed by atoms with E-state index in [4.69, 9.17) is 16.2 Å². The molecule has 0 fully saturated rings. The van der Waals surface area contributed by atoms with Gasteiger partial charge in [0.15, 0.2) is 11.5 Å². The molecule has 0 aliphatic carbocycles. The molecule has 82 valence electrons. The number of ether oxygens (including phenoxy) is 1. The third-order valence-electron chi connectivity index (χ3n) is 3.08. The van der Waals surface area contributed by atoms with Crippen molar-refractivity contribution in [1.29, 1.82) is 0 Å². The number of anilines is 2. The summed E-state index contributed by atoms with van der Waals surface area (Å²) in [5, 5.41) is 1.85. The van der Waals surface area contributed by atoms with Crippen LogP contribution in [0.2, 0.25) is 0 Å². The quantitative estimate of drug-likeness (QED) is 0.273. The molecule has 0 saturated heterocycles. The normalized spacial score (nSPS) is 12.5. The van der Waals surface area contributed by atoms with Crippen LogP contribution in [0.1, 0.15) is 0 Å². The topological polar surface area (TPSA) is 77.5 Å². The highest BCUT2D eigenvalue weighted by Crippen LogP contribution is 2.48. The summed E-state index contributed by atoms with van der Waals surface area (Å²) in [6.07, 6.45) is 0. The van der Waals surface area contributed by atoms with Gasteiger partial charge in [-0.05, 0) is 24.3 Å². The minimum atomic E-state index is 0.687. The first-order valence-electron chi connectivity index (χ1n) is 5.33. The molecule has 17 heavy (non-hydrogen) atoms. The predicted molar refractivity (Wildman–Crippen MR) is 68.1 cm³/mol. The van der Waals surface area contributed by atoms with E-state index in [0.717, 1.165) is 39.0 Å². The Morgan fingerprint density at radius 2 is 1.65 bits per heavy atom. The van der Waals surface area contributed by atoms with Crippen molar-refractivity contribution in [2.24, 2.45) is 0 Å². The summed E-state index contributed by atoms with van der Waals surface area (Å²) < 4.78 is 5.27. The molecule has 3 aromatic rings. The maximum atomic E-state index is 6.16. The molecule has 4 nitrogen and oxygen atoms in total. The van der Waals surface area contributed by atoms with Gasteiger partial charge >= 0.3 is 0 Å². The van der Waals surface area contributed by atoms with E-state index in [1.54, 1.807) is 0 Å². The predicted octanol–water partition coefficient (Wildman–Crippen LogP) is 2.66. The second-order valence-corrected chi connectivity index (χ2v) is 4.22. The Kier molecular flexibility index (Phi) is 1.32. The number of aromatic nitrogens is 1. The monoisotopic (exact) mass is 223 g/mol. The summed E-state index contributed by atoms with van der Waals surface area (Å²) in [6, 6.07) is 9.40. The fourth-order valence-corrected chi connectivity index (χ4v) is 2.15. The van der Waals surface area contributed by atoms with Gasteiger partial charge in [-0.3, -0.25) is 0 Å². The molecule has 0 amide bonds. The Labute approximate surface area is 96.8 Å². The zero-order valence-electron chi connectivity index (χ0n) is 8.90. The van der Waals surface area contributed by atoms with Gasteiger partial charge in [0.25, 0.3) is 0 Å². The Morgan fingerprint density at radius 3 is 2.53 bits per heavy atom. The number of nitrogens with two attached hydrogens (primary N) is 2. The number of nitrogens with zero attached hydrogens (tertiary/aromatic N) is 1. The number of fused-ring (bicyclic) bond motifs is 3. The number of hydrogen-bond acceptors (Lipinski definition) is 4. The van der Waals surface area contributed by atoms with E-state index in [9.17, 15) is 0 Å². The highest BCUT2D eigenvalue weighted by molar-refractivity contribution is 6.08. The lowest BCUT2D eigenvalue weighted by Crippen LogP contribution is -1.93. The Balaban J connectivity index is 2.23. The van der Waals surface area contributed by atoms with Crippen molar-refractivity contribution in [3.05, 3.63) is 30.3 Å². The van der Waals surface area contributed by atoms with Crippen molar-refractivity contribution in [2.45, 2.75) is 0 Å². The molecule has 4 rings (SSSR count). The van der Waals surface area contributed by atoms with Gasteiger partial charge in [-0.25, -0.2) is 4.98 Å². The van der Waals surface area contributed by atoms with Crippen LogP contribution in [0.25, 0.3) is 21.8 Å². The molecule has 1 aliphatic heterocycles. The Morgan fingerprint density at radius 1 is 0.882 bits per heavy atom. The standard InChI is InChI=1S/C13H9N3O/c14-6-1-2-7-9(3-6)16-10-5-12-11(17-12)4-8(10)13(7)15/h1-5H,14H2,(H2,15,16). The molecule has 0 unspecified atom stereocenters. The fourth-order valence-electron chi connectivity index (χ4n) is 2.15. The van der Waals surface area contributed by atoms with Crippen LogP contribution in [-0.2, 0) is 0 Å². The van der Waals surface area contributed by atoms with Gasteiger partial charge in [0.2, 0.25) is 0 Å². The fraction of sp³-hybridized carbons (Fsp3) is 0. The van der Waals surface area contributed by atoms with Gasteiger partial charge in [-0.2, -0.15) is 0 Å². The van der Waals surface area contributed by atoms with Gasteiger partial charge in [0, 0.05) is 22.5 Å². The van der Waals surface area contributed by atoms with E-state index < -0.39 is 0 Å². The lowest BCUT2D eigenvalue weighted by atomic mass is 10.1. The first kappa shape index (κ1) is 8.64. The van der Waals surface area contributed by atoms with E-state index in [-0.39, 0.29) is 0 Å². The highest BCUT2D eigenvalue weighted by atomic mass is 16.6. The molecular formula is C13H9N3O. The van der Waals surface area contributed by atoms with E-state index in [1.165, 1.54) is 0 Å². The molecule has 1 aromatic heterocycles. The van der Waals surface area contributed by atoms with Gasteiger partial charge in [0.1, 0.15) is 0 Å². The molecule has 0 spiro atoms. The summed E-state index contributed by atoms with van der Waals surface area (Å²) in [6.45, 7) is 0. The average molecular weight is 223 g/mol. The average Bonchev–Trinajstić information content (AvgIpc) is 3.04. The van der Waals surface area contributed by atoms with Crippen LogP contribution in [0.5, 0.6) is 11.5 Å². The van der Waals surface area contributed by atoms with Crippen LogP contribution in [0.4, 0.5) is 11.4 Å². The number of pyridine rings is 1. The maximum absolute atomic E-state index is 6.16. The number of benzene rings is 2. The van der Waals surface area contributed by atoms with Gasteiger partial charge in [-0.1, -0.05) is 0 Å². The molecule has 4 heteroatoms. The Hall–Kier alpha value is -2.49. The largest absolute Gasteiger partial charge is 0.449 e. The highest BCUT2D eigenvalue weighted by Gasteiger charge is 2.22. The number of nitrogen functional groups attached to an aromatic ring is 2. The zero-order chi connectivity index (χ0) is 11.6. The van der Waals surface area contributed by atoms with Crippen LogP contribution in [0, 0.1) is 0 Å². The van der Waals surface area contributed by atoms with Crippen molar-refractivity contribution in [3.63, 3.8) is 0 Å². The lowest BCUT2D eigenvalue weighted by molar-refractivity contribution is 0.650. The number of hydrogen-bond donors (Lipinski definition) is 2. The van der Waals surface area contributed by atoms with Crippen molar-refractivity contribution >= 4 is 33.2 Å². The second kappa shape index (κ2) is 2.60. The summed E-state index contributed by atoms with van der Waals surface area (Å²) in [5.74, 6) is 1.77. The molecule has 4 N–H and O–H groups in total. The van der Waals surface area contributed by atoms with E-state index >= 15 is 0 Å². The first-order chi connectivity index (χ1) is 8.22. The molecule has 0 atom stereocenters. The van der Waals surface area contributed by atoms with E-state index in [2.05, 4.69) is 4.98 Å². The van der Waals surface area contributed by atoms with E-state index in [0.29, 0.717) is 5.69 Å². The van der Waals surface area contributed by atoms with Crippen LogP contribution < -0.4 is 16.2 Å². The van der Waals surface area contributed by atoms with Crippen molar-refractivity contribution in [1.82, 2.24) is 4.98 Å². The maximum Gasteiger partial charge on any atom is 0.172 e. The van der Waals surface area contributed by atoms with Gasteiger partial charge in [0.05, 0.1) is 16.7 Å². The Bertz CT molecular complexity index is 784. The van der Waals surface area contributed by atoms with Crippen molar-refractivity contribution < 1.29 is 4.74 Å². The van der Waals surface area contributed by atoms with Crippen LogP contribution in [0.15, 0.2) is 30.3 Å². The second-order valence-electron chi connectivity index (χ2n) is 4.22. The smallest absolute Gasteiger partial charge is 0.172 e. The first-order valence-corrected chi connectivity index (χ1v) is 5.33. The third kappa shape index (κ3) is 1.09. The van der Waals surface area contributed by atoms with Crippen LogP contribution in [-0.4, -0.2) is 4.98 Å². The number of rotatable bonds is 0. The van der Waals surface area contributed by atoms with Crippen LogP contribution in [0.3, 0.4) is 0 Å². The molecular weight excluding hydrogens is 214 g/mol. The lowest BCUT2D eigenvalue weighted by Gasteiger charge is -2.05. The van der Waals surface area contributed by atoms with Crippen LogP contribution >= 0.6 is 0 Å². The SMILES string of the molecule is Nc1ccc2c(N)c3cc4c(cc3nc2c1)O4. The molecule has 0 bridgehead atoms. The minimum absolute atomic E-state index is 0.687. The summed E-state index contributed by atoms with van der Waals surface area (Å²) in [7, 11) is 0. The molecule has 0 radical (unpaired) electrons. The minimum Gasteiger partial charge on any atom is -0.449 e. The van der Waals surface area contributed by atoms with Gasteiger partial charge in [-0.15, -0.1) is 0 Å². The summed E-state index contributed by atoms with van der Waals surface area (Å²) in [5.41, 5.74) is 15.0. The summed E-state index contributed by atoms with van der Waals surface area (Å²) in [4.78, 5) is 4.55. The molecule has 2 heterocycles. The van der Waals surface area contributed by atoms with E-state index in [1.807, 2.05) is 30.3 Å². The third-order valence-corrected chi connectivity index (χ3v) is 3.08. The molecule has 0 saturated carbocycles. The van der Waals surface area contributed by atoms with Crippen molar-refractivity contribution in [2.75, 3.05) is 11.5 Å².